The summed E-state index contributed by atoms with van der Waals surface area (Å²) < 4.78 is 5.11. The first-order valence-electron chi connectivity index (χ1n) is 9.32. The van der Waals surface area contributed by atoms with Crippen LogP contribution in [0.3, 0.4) is 0 Å². The van der Waals surface area contributed by atoms with Crippen LogP contribution >= 0.6 is 0 Å². The number of nitrogens with zero attached hydrogens (tertiary/aromatic N) is 2. The van der Waals surface area contributed by atoms with Crippen molar-refractivity contribution in [2.75, 3.05) is 11.9 Å². The molecule has 2 aromatic rings. The summed E-state index contributed by atoms with van der Waals surface area (Å²) in [7, 11) is 0. The standard InChI is InChI=1S/C22H19N3O5/c1-14(21(28)24-17-8-6-15(13-23)7-9-17)30-20(27)10-11-25-19(26)12-16-4-2-3-5-18(16)22(25)29/h2-9,14H,10-12H2,1H3,(H,24,28)/t14-/m1/s1. The van der Waals surface area contributed by atoms with Crippen molar-refractivity contribution in [2.24, 2.45) is 0 Å². The second kappa shape index (κ2) is 9.01. The molecule has 1 N–H and O–H groups in total. The van der Waals surface area contributed by atoms with Gasteiger partial charge in [-0.3, -0.25) is 24.1 Å². The molecule has 0 aromatic heterocycles. The molecule has 0 radical (unpaired) electrons. The molecule has 3 amide bonds. The van der Waals surface area contributed by atoms with Gasteiger partial charge in [0.25, 0.3) is 11.8 Å². The topological polar surface area (TPSA) is 117 Å². The summed E-state index contributed by atoms with van der Waals surface area (Å²) in [6.07, 6.45) is -1.18. The van der Waals surface area contributed by atoms with Crippen LogP contribution in [0.15, 0.2) is 48.5 Å². The van der Waals surface area contributed by atoms with Gasteiger partial charge in [-0.25, -0.2) is 0 Å². The Morgan fingerprint density at radius 2 is 1.87 bits per heavy atom. The minimum absolute atomic E-state index is 0.0976. The summed E-state index contributed by atoms with van der Waals surface area (Å²) in [4.78, 5) is 50.0. The molecule has 1 atom stereocenters. The number of hydrogen-bond acceptors (Lipinski definition) is 6. The van der Waals surface area contributed by atoms with E-state index < -0.39 is 23.9 Å². The van der Waals surface area contributed by atoms with Gasteiger partial charge in [0.1, 0.15) is 0 Å². The van der Waals surface area contributed by atoms with Crippen LogP contribution in [0.4, 0.5) is 5.69 Å². The number of nitriles is 1. The fourth-order valence-corrected chi connectivity index (χ4v) is 3.01. The Labute approximate surface area is 173 Å². The molecule has 0 bridgehead atoms. The van der Waals surface area contributed by atoms with Gasteiger partial charge in [0, 0.05) is 17.8 Å². The smallest absolute Gasteiger partial charge is 0.308 e. The van der Waals surface area contributed by atoms with E-state index in [2.05, 4.69) is 5.32 Å². The van der Waals surface area contributed by atoms with Gasteiger partial charge in [-0.15, -0.1) is 0 Å². The van der Waals surface area contributed by atoms with E-state index in [1.807, 2.05) is 6.07 Å². The van der Waals surface area contributed by atoms with Gasteiger partial charge in [-0.05, 0) is 42.8 Å². The Kier molecular flexibility index (Phi) is 6.23. The lowest BCUT2D eigenvalue weighted by molar-refractivity contribution is -0.153. The number of esters is 1. The SMILES string of the molecule is C[C@@H](OC(=O)CCN1C(=O)Cc2ccccc2C1=O)C(=O)Nc1ccc(C#N)cc1. The van der Waals surface area contributed by atoms with E-state index in [-0.39, 0.29) is 25.3 Å². The zero-order valence-electron chi connectivity index (χ0n) is 16.3. The third-order valence-corrected chi connectivity index (χ3v) is 4.63. The second-order valence-electron chi connectivity index (χ2n) is 6.74. The highest BCUT2D eigenvalue weighted by Crippen LogP contribution is 2.20. The zero-order chi connectivity index (χ0) is 21.7. The molecule has 0 aliphatic carbocycles. The molecule has 0 fully saturated rings. The molecule has 152 valence electrons. The summed E-state index contributed by atoms with van der Waals surface area (Å²) in [5, 5.41) is 11.4. The van der Waals surface area contributed by atoms with Crippen molar-refractivity contribution in [1.82, 2.24) is 4.90 Å². The van der Waals surface area contributed by atoms with E-state index in [1.54, 1.807) is 48.5 Å². The summed E-state index contributed by atoms with van der Waals surface area (Å²) >= 11 is 0. The Bertz CT molecular complexity index is 1040. The van der Waals surface area contributed by atoms with Crippen molar-refractivity contribution in [1.29, 1.82) is 5.26 Å². The first-order valence-corrected chi connectivity index (χ1v) is 9.32. The zero-order valence-corrected chi connectivity index (χ0v) is 16.3. The summed E-state index contributed by atoms with van der Waals surface area (Å²) in [6.45, 7) is 1.30. The number of carbonyl (C=O) groups excluding carboxylic acids is 4. The van der Waals surface area contributed by atoms with Gasteiger partial charge in [0.05, 0.1) is 24.5 Å². The molecule has 0 unspecified atom stereocenters. The highest BCUT2D eigenvalue weighted by molar-refractivity contribution is 6.09. The van der Waals surface area contributed by atoms with E-state index in [9.17, 15) is 19.2 Å². The fourth-order valence-electron chi connectivity index (χ4n) is 3.01. The number of imide groups is 1. The Balaban J connectivity index is 1.51. The van der Waals surface area contributed by atoms with Gasteiger partial charge in [0.15, 0.2) is 6.10 Å². The third kappa shape index (κ3) is 4.70. The number of rotatable bonds is 6. The first kappa shape index (κ1) is 20.7. The van der Waals surface area contributed by atoms with Crippen LogP contribution in [0.25, 0.3) is 0 Å². The third-order valence-electron chi connectivity index (χ3n) is 4.63. The summed E-state index contributed by atoms with van der Waals surface area (Å²) in [6, 6.07) is 15.1. The molecule has 30 heavy (non-hydrogen) atoms. The van der Waals surface area contributed by atoms with Crippen LogP contribution in [0.2, 0.25) is 0 Å². The van der Waals surface area contributed by atoms with Crippen molar-refractivity contribution >= 4 is 29.4 Å². The van der Waals surface area contributed by atoms with E-state index in [1.165, 1.54) is 6.92 Å². The first-order chi connectivity index (χ1) is 14.4. The Hall–Kier alpha value is -3.99. The molecular weight excluding hydrogens is 386 g/mol. The van der Waals surface area contributed by atoms with Crippen molar-refractivity contribution in [2.45, 2.75) is 25.9 Å². The predicted molar refractivity (Wildman–Crippen MR) is 106 cm³/mol. The number of nitrogens with one attached hydrogen (secondary N) is 1. The number of hydrogen-bond donors (Lipinski definition) is 1. The van der Waals surface area contributed by atoms with E-state index in [0.717, 1.165) is 4.90 Å². The van der Waals surface area contributed by atoms with Crippen molar-refractivity contribution in [3.63, 3.8) is 0 Å². The van der Waals surface area contributed by atoms with E-state index in [0.29, 0.717) is 22.4 Å². The van der Waals surface area contributed by atoms with Crippen LogP contribution in [-0.2, 0) is 25.5 Å². The molecule has 1 aliphatic heterocycles. The van der Waals surface area contributed by atoms with E-state index >= 15 is 0 Å². The molecule has 3 rings (SSSR count). The largest absolute Gasteiger partial charge is 0.452 e. The van der Waals surface area contributed by atoms with Crippen LogP contribution in [0.5, 0.6) is 0 Å². The molecule has 2 aromatic carbocycles. The average molecular weight is 405 g/mol. The van der Waals surface area contributed by atoms with Crippen molar-refractivity contribution < 1.29 is 23.9 Å². The molecule has 1 aliphatic rings. The average Bonchev–Trinajstić information content (AvgIpc) is 2.74. The lowest BCUT2D eigenvalue weighted by Crippen LogP contribution is -2.43. The molecule has 0 saturated heterocycles. The quantitative estimate of drug-likeness (QED) is 0.581. The predicted octanol–water partition coefficient (Wildman–Crippen LogP) is 2.04. The maximum atomic E-state index is 12.5. The highest BCUT2D eigenvalue weighted by Gasteiger charge is 2.31. The van der Waals surface area contributed by atoms with Crippen LogP contribution in [0, 0.1) is 11.3 Å². The molecule has 8 heteroatoms. The van der Waals surface area contributed by atoms with Gasteiger partial charge in [-0.1, -0.05) is 18.2 Å². The minimum Gasteiger partial charge on any atom is -0.452 e. The van der Waals surface area contributed by atoms with Crippen LogP contribution < -0.4 is 5.32 Å². The van der Waals surface area contributed by atoms with Gasteiger partial charge in [0.2, 0.25) is 5.91 Å². The normalized spacial score (nSPS) is 13.8. The van der Waals surface area contributed by atoms with Gasteiger partial charge in [-0.2, -0.15) is 5.26 Å². The Morgan fingerprint density at radius 3 is 2.57 bits per heavy atom. The summed E-state index contributed by atoms with van der Waals surface area (Å²) in [5.41, 5.74) is 2.03. The van der Waals surface area contributed by atoms with Gasteiger partial charge < -0.3 is 10.1 Å². The lowest BCUT2D eigenvalue weighted by Gasteiger charge is -2.26. The molecule has 1 heterocycles. The van der Waals surface area contributed by atoms with Crippen LogP contribution in [0.1, 0.15) is 34.8 Å². The van der Waals surface area contributed by atoms with Crippen LogP contribution in [-0.4, -0.2) is 41.2 Å². The monoisotopic (exact) mass is 405 g/mol. The Morgan fingerprint density at radius 1 is 1.17 bits per heavy atom. The number of carbonyl (C=O) groups is 4. The highest BCUT2D eigenvalue weighted by atomic mass is 16.5. The molecule has 0 saturated carbocycles. The molecule has 8 nitrogen and oxygen atoms in total. The molecular formula is C22H19N3O5. The number of fused-ring (bicyclic) bond motifs is 1. The van der Waals surface area contributed by atoms with E-state index in [4.69, 9.17) is 10.00 Å². The van der Waals surface area contributed by atoms with Crippen molar-refractivity contribution in [3.8, 4) is 6.07 Å². The maximum Gasteiger partial charge on any atom is 0.308 e. The molecule has 0 spiro atoms. The van der Waals surface area contributed by atoms with Gasteiger partial charge >= 0.3 is 5.97 Å². The minimum atomic E-state index is -1.07. The number of amides is 3. The number of ether oxygens (including phenoxy) is 1. The second-order valence-corrected chi connectivity index (χ2v) is 6.74. The fraction of sp³-hybridized carbons (Fsp3) is 0.227. The summed E-state index contributed by atoms with van der Waals surface area (Å²) in [5.74, 6) is -2.05. The maximum absolute atomic E-state index is 12.5. The van der Waals surface area contributed by atoms with Crippen molar-refractivity contribution in [3.05, 3.63) is 65.2 Å². The lowest BCUT2D eigenvalue weighted by atomic mass is 9.98. The number of benzene rings is 2. The number of anilines is 1.